The van der Waals surface area contributed by atoms with E-state index in [9.17, 15) is 14.0 Å². The van der Waals surface area contributed by atoms with Gasteiger partial charge in [-0.15, -0.1) is 0 Å². The average Bonchev–Trinajstić information content (AvgIpc) is 2.44. The Balaban J connectivity index is 2.23. The molecule has 1 aromatic carbocycles. The van der Waals surface area contributed by atoms with Crippen LogP contribution in [0.3, 0.4) is 0 Å². The van der Waals surface area contributed by atoms with E-state index in [2.05, 4.69) is 10.3 Å². The third-order valence-electron chi connectivity index (χ3n) is 3.43. The van der Waals surface area contributed by atoms with E-state index in [4.69, 9.17) is 5.73 Å². The van der Waals surface area contributed by atoms with Gasteiger partial charge in [0.1, 0.15) is 12.4 Å². The Morgan fingerprint density at radius 3 is 2.68 bits per heavy atom. The molecule has 1 aromatic heterocycles. The third-order valence-corrected chi connectivity index (χ3v) is 3.43. The van der Waals surface area contributed by atoms with E-state index < -0.39 is 5.91 Å². The SMILES string of the molecule is Cc1cc(F)ccc1NC(=O)Cn1c(N)nc(C)c(C)c1=O. The minimum absolute atomic E-state index is 0.0147. The lowest BCUT2D eigenvalue weighted by Crippen LogP contribution is -2.32. The highest BCUT2D eigenvalue weighted by Crippen LogP contribution is 2.15. The van der Waals surface area contributed by atoms with Gasteiger partial charge in [0.25, 0.3) is 5.56 Å². The minimum Gasteiger partial charge on any atom is -0.369 e. The quantitative estimate of drug-likeness (QED) is 0.899. The number of rotatable bonds is 3. The number of hydrogen-bond acceptors (Lipinski definition) is 4. The van der Waals surface area contributed by atoms with Gasteiger partial charge in [0.05, 0.1) is 0 Å². The first-order chi connectivity index (χ1) is 10.3. The number of hydrogen-bond donors (Lipinski definition) is 2. The fourth-order valence-electron chi connectivity index (χ4n) is 2.03. The van der Waals surface area contributed by atoms with E-state index in [0.717, 1.165) is 4.57 Å². The molecule has 22 heavy (non-hydrogen) atoms. The molecule has 2 rings (SSSR count). The topological polar surface area (TPSA) is 90.0 Å². The number of carbonyl (C=O) groups is 1. The number of nitrogen functional groups attached to an aromatic ring is 1. The zero-order valence-electron chi connectivity index (χ0n) is 12.6. The molecule has 0 fully saturated rings. The van der Waals surface area contributed by atoms with Crippen LogP contribution in [0.2, 0.25) is 0 Å². The molecule has 7 heteroatoms. The maximum Gasteiger partial charge on any atom is 0.258 e. The first-order valence-corrected chi connectivity index (χ1v) is 6.69. The zero-order valence-corrected chi connectivity index (χ0v) is 12.6. The van der Waals surface area contributed by atoms with Crippen LogP contribution in [0.5, 0.6) is 0 Å². The average molecular weight is 304 g/mol. The molecule has 0 saturated carbocycles. The van der Waals surface area contributed by atoms with Crippen LogP contribution in [0.4, 0.5) is 16.0 Å². The van der Waals surface area contributed by atoms with Crippen molar-refractivity contribution in [1.82, 2.24) is 9.55 Å². The number of nitrogens with two attached hydrogens (primary N) is 1. The molecule has 0 radical (unpaired) electrons. The number of nitrogens with one attached hydrogen (secondary N) is 1. The summed E-state index contributed by atoms with van der Waals surface area (Å²) in [7, 11) is 0. The summed E-state index contributed by atoms with van der Waals surface area (Å²) in [6.45, 7) is 4.73. The predicted octanol–water partition coefficient (Wildman–Crippen LogP) is 1.53. The molecule has 0 bridgehead atoms. The van der Waals surface area contributed by atoms with E-state index in [1.165, 1.54) is 18.2 Å². The van der Waals surface area contributed by atoms with Crippen LogP contribution in [-0.4, -0.2) is 15.5 Å². The monoisotopic (exact) mass is 304 g/mol. The van der Waals surface area contributed by atoms with Gasteiger partial charge >= 0.3 is 0 Å². The zero-order chi connectivity index (χ0) is 16.4. The number of amides is 1. The van der Waals surface area contributed by atoms with Crippen molar-refractivity contribution in [2.75, 3.05) is 11.1 Å². The van der Waals surface area contributed by atoms with Gasteiger partial charge in [0, 0.05) is 16.9 Å². The van der Waals surface area contributed by atoms with E-state index >= 15 is 0 Å². The molecule has 116 valence electrons. The second kappa shape index (κ2) is 5.97. The van der Waals surface area contributed by atoms with E-state index in [1.807, 2.05) is 0 Å². The Bertz CT molecular complexity index is 799. The molecule has 3 N–H and O–H groups in total. The fourth-order valence-corrected chi connectivity index (χ4v) is 2.03. The number of nitrogens with zero attached hydrogens (tertiary/aromatic N) is 2. The van der Waals surface area contributed by atoms with Gasteiger partial charge in [-0.2, -0.15) is 0 Å². The van der Waals surface area contributed by atoms with Crippen molar-refractivity contribution < 1.29 is 9.18 Å². The van der Waals surface area contributed by atoms with Crippen molar-refractivity contribution in [3.8, 4) is 0 Å². The molecule has 0 aliphatic rings. The van der Waals surface area contributed by atoms with Gasteiger partial charge in [0.2, 0.25) is 11.9 Å². The van der Waals surface area contributed by atoms with Crippen LogP contribution in [0.25, 0.3) is 0 Å². The summed E-state index contributed by atoms with van der Waals surface area (Å²) >= 11 is 0. The molecule has 6 nitrogen and oxygen atoms in total. The molecular weight excluding hydrogens is 287 g/mol. The van der Waals surface area contributed by atoms with E-state index in [1.54, 1.807) is 20.8 Å². The molecule has 0 aliphatic carbocycles. The van der Waals surface area contributed by atoms with Crippen molar-refractivity contribution in [3.05, 3.63) is 51.2 Å². The van der Waals surface area contributed by atoms with Gasteiger partial charge < -0.3 is 11.1 Å². The lowest BCUT2D eigenvalue weighted by molar-refractivity contribution is -0.116. The number of aromatic nitrogens is 2. The Hall–Kier alpha value is -2.70. The highest BCUT2D eigenvalue weighted by Gasteiger charge is 2.13. The number of carbonyl (C=O) groups excluding carboxylic acids is 1. The van der Waals surface area contributed by atoms with Crippen LogP contribution in [-0.2, 0) is 11.3 Å². The highest BCUT2D eigenvalue weighted by molar-refractivity contribution is 5.91. The van der Waals surface area contributed by atoms with Crippen molar-refractivity contribution >= 4 is 17.5 Å². The van der Waals surface area contributed by atoms with Gasteiger partial charge in [-0.05, 0) is 44.5 Å². The second-order valence-corrected chi connectivity index (χ2v) is 5.08. The molecule has 2 aromatic rings. The lowest BCUT2D eigenvalue weighted by Gasteiger charge is -2.12. The summed E-state index contributed by atoms with van der Waals surface area (Å²) in [6, 6.07) is 4.03. The van der Waals surface area contributed by atoms with Crippen molar-refractivity contribution in [1.29, 1.82) is 0 Å². The maximum absolute atomic E-state index is 13.0. The fraction of sp³-hybridized carbons (Fsp3) is 0.267. The highest BCUT2D eigenvalue weighted by atomic mass is 19.1. The minimum atomic E-state index is -0.437. The lowest BCUT2D eigenvalue weighted by atomic mass is 10.2. The number of halogens is 1. The standard InChI is InChI=1S/C15H17FN4O2/c1-8-6-11(16)4-5-12(8)19-13(21)7-20-14(22)9(2)10(3)18-15(20)17/h4-6H,7H2,1-3H3,(H2,17,18)(H,19,21). The summed E-state index contributed by atoms with van der Waals surface area (Å²) in [6.07, 6.45) is 0. The first kappa shape index (κ1) is 15.7. The molecule has 0 aliphatic heterocycles. The first-order valence-electron chi connectivity index (χ1n) is 6.69. The number of anilines is 2. The molecule has 1 amide bonds. The largest absolute Gasteiger partial charge is 0.369 e. The molecule has 0 atom stereocenters. The third kappa shape index (κ3) is 3.13. The molecule has 0 spiro atoms. The maximum atomic E-state index is 13.0. The van der Waals surface area contributed by atoms with Gasteiger partial charge in [-0.25, -0.2) is 9.37 Å². The Labute approximate surface area is 126 Å². The Morgan fingerprint density at radius 1 is 1.36 bits per heavy atom. The molecule has 0 saturated heterocycles. The van der Waals surface area contributed by atoms with Crippen LogP contribution < -0.4 is 16.6 Å². The van der Waals surface area contributed by atoms with Crippen LogP contribution >= 0.6 is 0 Å². The summed E-state index contributed by atoms with van der Waals surface area (Å²) in [4.78, 5) is 28.2. The van der Waals surface area contributed by atoms with Gasteiger partial charge in [-0.1, -0.05) is 0 Å². The summed E-state index contributed by atoms with van der Waals surface area (Å²) in [5.74, 6) is -0.832. The van der Waals surface area contributed by atoms with E-state index in [0.29, 0.717) is 22.5 Å². The molecule has 1 heterocycles. The molecule has 0 unspecified atom stereocenters. The van der Waals surface area contributed by atoms with Crippen LogP contribution in [0, 0.1) is 26.6 Å². The summed E-state index contributed by atoms with van der Waals surface area (Å²) < 4.78 is 14.1. The summed E-state index contributed by atoms with van der Waals surface area (Å²) in [5.41, 5.74) is 7.40. The van der Waals surface area contributed by atoms with E-state index in [-0.39, 0.29) is 23.9 Å². The van der Waals surface area contributed by atoms with Crippen molar-refractivity contribution in [2.24, 2.45) is 0 Å². The summed E-state index contributed by atoms with van der Waals surface area (Å²) in [5, 5.41) is 2.63. The Kier molecular flexibility index (Phi) is 4.25. The van der Waals surface area contributed by atoms with Gasteiger partial charge in [-0.3, -0.25) is 14.2 Å². The number of benzene rings is 1. The second-order valence-electron chi connectivity index (χ2n) is 5.08. The van der Waals surface area contributed by atoms with Gasteiger partial charge in [0.15, 0.2) is 0 Å². The number of aryl methyl sites for hydroxylation is 2. The smallest absolute Gasteiger partial charge is 0.258 e. The van der Waals surface area contributed by atoms with Crippen LogP contribution in [0.15, 0.2) is 23.0 Å². The molecular formula is C15H17FN4O2. The Morgan fingerprint density at radius 2 is 2.05 bits per heavy atom. The van der Waals surface area contributed by atoms with Crippen LogP contribution in [0.1, 0.15) is 16.8 Å². The van der Waals surface area contributed by atoms with Crippen molar-refractivity contribution in [3.63, 3.8) is 0 Å². The normalized spacial score (nSPS) is 10.5. The predicted molar refractivity (Wildman–Crippen MR) is 82.2 cm³/mol. The van der Waals surface area contributed by atoms with Crippen molar-refractivity contribution in [2.45, 2.75) is 27.3 Å².